The highest BCUT2D eigenvalue weighted by atomic mass is 19.1. The molecule has 2 aromatic rings. The van der Waals surface area contributed by atoms with E-state index in [9.17, 15) is 28.7 Å². The SMILES string of the molecule is O=C(O)CCC(NC(=O)NC(CCCCNc1cc(NCCOCCn2cc(CCCF)nn2)ncn1)C(=O)O)C(=O)O. The van der Waals surface area contributed by atoms with Crippen molar-refractivity contribution in [2.24, 2.45) is 0 Å². The van der Waals surface area contributed by atoms with Gasteiger partial charge >= 0.3 is 23.9 Å². The molecule has 0 bridgehead atoms. The Balaban J connectivity index is 1.63. The molecular formula is C25H38FN9O8. The Hall–Kier alpha value is -4.61. The Morgan fingerprint density at radius 1 is 0.907 bits per heavy atom. The van der Waals surface area contributed by atoms with Crippen molar-refractivity contribution in [3.63, 3.8) is 0 Å². The van der Waals surface area contributed by atoms with E-state index in [0.717, 1.165) is 5.69 Å². The van der Waals surface area contributed by atoms with E-state index in [0.29, 0.717) is 70.2 Å². The second-order valence-corrected chi connectivity index (χ2v) is 9.35. The van der Waals surface area contributed by atoms with Crippen molar-refractivity contribution in [2.75, 3.05) is 43.6 Å². The fraction of sp³-hybridized carbons (Fsp3) is 0.600. The molecule has 0 radical (unpaired) electrons. The lowest BCUT2D eigenvalue weighted by Gasteiger charge is -2.18. The van der Waals surface area contributed by atoms with Crippen LogP contribution < -0.4 is 21.3 Å². The van der Waals surface area contributed by atoms with Crippen LogP contribution in [-0.4, -0.2) is 109 Å². The molecule has 7 N–H and O–H groups in total. The van der Waals surface area contributed by atoms with Crippen LogP contribution in [0.3, 0.4) is 0 Å². The molecular weight excluding hydrogens is 573 g/mol. The molecule has 18 heteroatoms. The molecule has 0 aliphatic rings. The number of carboxylic acids is 3. The maximum absolute atomic E-state index is 12.2. The summed E-state index contributed by atoms with van der Waals surface area (Å²) in [6, 6.07) is -2.02. The van der Waals surface area contributed by atoms with Gasteiger partial charge in [-0.15, -0.1) is 5.10 Å². The van der Waals surface area contributed by atoms with E-state index in [1.54, 1.807) is 16.9 Å². The number of urea groups is 1. The number of halogens is 1. The Labute approximate surface area is 246 Å². The summed E-state index contributed by atoms with van der Waals surface area (Å²) in [5.41, 5.74) is 0.749. The Bertz CT molecular complexity index is 1170. The van der Waals surface area contributed by atoms with E-state index in [4.69, 9.17) is 14.9 Å². The number of alkyl halides is 1. The molecule has 0 aliphatic carbocycles. The average Bonchev–Trinajstić information content (AvgIpc) is 3.42. The molecule has 0 saturated carbocycles. The van der Waals surface area contributed by atoms with Crippen molar-refractivity contribution in [1.29, 1.82) is 0 Å². The average molecular weight is 612 g/mol. The van der Waals surface area contributed by atoms with Gasteiger partial charge in [-0.1, -0.05) is 5.21 Å². The second kappa shape index (κ2) is 19.5. The van der Waals surface area contributed by atoms with Crippen LogP contribution in [0.4, 0.5) is 20.8 Å². The third-order valence-electron chi connectivity index (χ3n) is 5.92. The summed E-state index contributed by atoms with van der Waals surface area (Å²) < 4.78 is 19.5. The molecule has 238 valence electrons. The Morgan fingerprint density at radius 3 is 2.23 bits per heavy atom. The summed E-state index contributed by atoms with van der Waals surface area (Å²) in [5, 5.41) is 45.7. The van der Waals surface area contributed by atoms with Crippen molar-refractivity contribution in [1.82, 2.24) is 35.6 Å². The van der Waals surface area contributed by atoms with Gasteiger partial charge in [0, 0.05) is 31.8 Å². The fourth-order valence-corrected chi connectivity index (χ4v) is 3.70. The number of ether oxygens (including phenoxy) is 1. The van der Waals surface area contributed by atoms with Gasteiger partial charge < -0.3 is 41.3 Å². The number of unbranched alkanes of at least 4 members (excludes halogenated alkanes) is 1. The molecule has 2 atom stereocenters. The smallest absolute Gasteiger partial charge is 0.326 e. The van der Waals surface area contributed by atoms with Gasteiger partial charge in [0.15, 0.2) is 0 Å². The molecule has 0 spiro atoms. The summed E-state index contributed by atoms with van der Waals surface area (Å²) in [6.45, 7) is 1.96. The minimum Gasteiger partial charge on any atom is -0.481 e. The maximum atomic E-state index is 12.2. The molecule has 0 fully saturated rings. The fourth-order valence-electron chi connectivity index (χ4n) is 3.70. The summed E-state index contributed by atoms with van der Waals surface area (Å²) in [7, 11) is 0. The van der Waals surface area contributed by atoms with E-state index in [-0.39, 0.29) is 19.5 Å². The van der Waals surface area contributed by atoms with Gasteiger partial charge in [0.25, 0.3) is 0 Å². The lowest BCUT2D eigenvalue weighted by atomic mass is 10.1. The first kappa shape index (κ1) is 34.6. The lowest BCUT2D eigenvalue weighted by Crippen LogP contribution is -2.51. The molecule has 2 amide bonds. The first-order valence-corrected chi connectivity index (χ1v) is 13.7. The number of aliphatic carboxylic acids is 3. The van der Waals surface area contributed by atoms with Gasteiger partial charge in [-0.3, -0.25) is 9.18 Å². The molecule has 0 aromatic carbocycles. The number of amides is 2. The number of anilines is 2. The number of rotatable bonds is 23. The number of hydrogen-bond acceptors (Lipinski definition) is 11. The summed E-state index contributed by atoms with van der Waals surface area (Å²) in [5.74, 6) is -2.79. The molecule has 0 saturated heterocycles. The van der Waals surface area contributed by atoms with Crippen LogP contribution in [0.25, 0.3) is 0 Å². The normalized spacial score (nSPS) is 12.2. The highest BCUT2D eigenvalue weighted by molar-refractivity contribution is 5.86. The van der Waals surface area contributed by atoms with E-state index in [1.165, 1.54) is 6.33 Å². The van der Waals surface area contributed by atoms with Crippen LogP contribution in [0.15, 0.2) is 18.6 Å². The number of aryl methyl sites for hydroxylation is 1. The van der Waals surface area contributed by atoms with Gasteiger partial charge in [0.2, 0.25) is 0 Å². The van der Waals surface area contributed by atoms with Crippen molar-refractivity contribution >= 4 is 35.6 Å². The number of aromatic nitrogens is 5. The Morgan fingerprint density at radius 2 is 1.58 bits per heavy atom. The summed E-state index contributed by atoms with van der Waals surface area (Å²) in [4.78, 5) is 53.8. The Kier molecular flexibility index (Phi) is 15.7. The molecule has 2 unspecified atom stereocenters. The minimum absolute atomic E-state index is 0.0884. The van der Waals surface area contributed by atoms with Gasteiger partial charge in [-0.25, -0.2) is 29.0 Å². The zero-order chi connectivity index (χ0) is 31.5. The number of nitrogens with one attached hydrogen (secondary N) is 4. The van der Waals surface area contributed by atoms with Gasteiger partial charge in [-0.05, 0) is 38.5 Å². The first-order valence-electron chi connectivity index (χ1n) is 13.7. The first-order chi connectivity index (χ1) is 20.7. The second-order valence-electron chi connectivity index (χ2n) is 9.35. The molecule has 2 rings (SSSR count). The van der Waals surface area contributed by atoms with Gasteiger partial charge in [0.1, 0.15) is 30.0 Å². The van der Waals surface area contributed by atoms with Crippen LogP contribution in [0.1, 0.15) is 44.2 Å². The third-order valence-corrected chi connectivity index (χ3v) is 5.92. The van der Waals surface area contributed by atoms with Gasteiger partial charge in [-0.2, -0.15) is 0 Å². The van der Waals surface area contributed by atoms with E-state index in [1.807, 2.05) is 0 Å². The van der Waals surface area contributed by atoms with E-state index >= 15 is 0 Å². The van der Waals surface area contributed by atoms with Crippen LogP contribution in [0.2, 0.25) is 0 Å². The molecule has 2 heterocycles. The molecule has 43 heavy (non-hydrogen) atoms. The number of carbonyl (C=O) groups is 4. The monoisotopic (exact) mass is 611 g/mol. The zero-order valence-electron chi connectivity index (χ0n) is 23.6. The standard InChI is InChI=1S/C25H38FN9O8/c26-8-3-4-17-15-35(34-33-17)11-13-43-12-10-28-21-14-20(29-16-30-21)27-9-2-1-5-18(23(38)39)31-25(42)32-19(24(40)41)6-7-22(36)37/h14-16,18-19H,1-13H2,(H,36,37)(H,38,39)(H,40,41)(H2,31,32,42)(H2,27,28,29,30). The quantitative estimate of drug-likeness (QED) is 0.0858. The molecule has 17 nitrogen and oxygen atoms in total. The minimum atomic E-state index is -1.46. The van der Waals surface area contributed by atoms with Crippen LogP contribution in [0, 0.1) is 0 Å². The van der Waals surface area contributed by atoms with Crippen LogP contribution in [-0.2, 0) is 32.1 Å². The third kappa shape index (κ3) is 14.7. The molecule has 2 aromatic heterocycles. The lowest BCUT2D eigenvalue weighted by molar-refractivity contribution is -0.140. The summed E-state index contributed by atoms with van der Waals surface area (Å²) >= 11 is 0. The van der Waals surface area contributed by atoms with Gasteiger partial charge in [0.05, 0.1) is 32.1 Å². The van der Waals surface area contributed by atoms with E-state index in [2.05, 4.69) is 41.5 Å². The zero-order valence-corrected chi connectivity index (χ0v) is 23.6. The summed E-state index contributed by atoms with van der Waals surface area (Å²) in [6.07, 6.45) is 4.39. The number of nitrogens with zero attached hydrogens (tertiary/aromatic N) is 5. The van der Waals surface area contributed by atoms with E-state index < -0.39 is 42.4 Å². The van der Waals surface area contributed by atoms with Crippen LogP contribution in [0.5, 0.6) is 0 Å². The highest BCUT2D eigenvalue weighted by Crippen LogP contribution is 2.09. The van der Waals surface area contributed by atoms with Crippen molar-refractivity contribution in [3.05, 3.63) is 24.3 Å². The predicted molar refractivity (Wildman–Crippen MR) is 149 cm³/mol. The largest absolute Gasteiger partial charge is 0.481 e. The van der Waals surface area contributed by atoms with Crippen molar-refractivity contribution in [2.45, 2.75) is 63.6 Å². The maximum Gasteiger partial charge on any atom is 0.326 e. The topological polar surface area (TPSA) is 243 Å². The van der Waals surface area contributed by atoms with Crippen LogP contribution >= 0.6 is 0 Å². The highest BCUT2D eigenvalue weighted by Gasteiger charge is 2.24. The number of hydrogen-bond donors (Lipinski definition) is 7. The number of carboxylic acid groups (broad SMARTS) is 3. The van der Waals surface area contributed by atoms with Crippen molar-refractivity contribution in [3.8, 4) is 0 Å². The predicted octanol–water partition coefficient (Wildman–Crippen LogP) is 0.752. The van der Waals surface area contributed by atoms with Crippen molar-refractivity contribution < 1.29 is 43.6 Å². The molecule has 0 aliphatic heterocycles. The number of carbonyl (C=O) groups excluding carboxylic acids is 1.